The van der Waals surface area contributed by atoms with Crippen LogP contribution in [0.1, 0.15) is 26.2 Å². The minimum atomic E-state index is -0.200. The number of nitrogens with one attached hydrogen (secondary N) is 1. The molecule has 0 radical (unpaired) electrons. The molecule has 13 heavy (non-hydrogen) atoms. The van der Waals surface area contributed by atoms with Crippen LogP contribution in [0.2, 0.25) is 0 Å². The summed E-state index contributed by atoms with van der Waals surface area (Å²) in [6.45, 7) is 1.92. The summed E-state index contributed by atoms with van der Waals surface area (Å²) in [7, 11) is 0. The van der Waals surface area contributed by atoms with E-state index in [4.69, 9.17) is 16.0 Å². The normalized spacial score (nSPS) is 23.7. The van der Waals surface area contributed by atoms with Crippen LogP contribution in [0.4, 0.5) is 0 Å². The number of hydrogen-bond donors (Lipinski definition) is 4. The molecule has 1 unspecified atom stereocenters. The SMILES string of the molecule is CC(NC1(CO)CCC1)C(N)=NO. The van der Waals surface area contributed by atoms with Crippen molar-refractivity contribution in [3.05, 3.63) is 0 Å². The molecule has 1 aliphatic rings. The molecule has 0 saturated heterocycles. The molecule has 0 aromatic carbocycles. The average molecular weight is 187 g/mol. The number of oxime groups is 1. The van der Waals surface area contributed by atoms with Gasteiger partial charge in [0.05, 0.1) is 12.6 Å². The zero-order valence-corrected chi connectivity index (χ0v) is 7.82. The van der Waals surface area contributed by atoms with Crippen molar-refractivity contribution in [3.8, 4) is 0 Å². The molecule has 1 aliphatic carbocycles. The number of rotatable bonds is 4. The Morgan fingerprint density at radius 2 is 2.31 bits per heavy atom. The fraction of sp³-hybridized carbons (Fsp3) is 0.875. The highest BCUT2D eigenvalue weighted by Crippen LogP contribution is 2.31. The van der Waals surface area contributed by atoms with Gasteiger partial charge in [-0.15, -0.1) is 0 Å². The summed E-state index contributed by atoms with van der Waals surface area (Å²) in [5, 5.41) is 23.6. The van der Waals surface area contributed by atoms with Gasteiger partial charge in [-0.25, -0.2) is 0 Å². The van der Waals surface area contributed by atoms with Gasteiger partial charge in [0.1, 0.15) is 0 Å². The molecule has 0 amide bonds. The van der Waals surface area contributed by atoms with Gasteiger partial charge >= 0.3 is 0 Å². The molecule has 0 heterocycles. The molecule has 76 valence electrons. The first kappa shape index (κ1) is 10.3. The summed E-state index contributed by atoms with van der Waals surface area (Å²) in [4.78, 5) is 0. The molecule has 0 aliphatic heterocycles. The van der Waals surface area contributed by atoms with E-state index in [9.17, 15) is 0 Å². The van der Waals surface area contributed by atoms with E-state index in [0.717, 1.165) is 19.3 Å². The molecule has 0 spiro atoms. The average Bonchev–Trinajstić information content (AvgIpc) is 2.09. The third-order valence-electron chi connectivity index (χ3n) is 2.70. The van der Waals surface area contributed by atoms with Crippen LogP contribution >= 0.6 is 0 Å². The van der Waals surface area contributed by atoms with Crippen molar-refractivity contribution in [3.63, 3.8) is 0 Å². The monoisotopic (exact) mass is 187 g/mol. The van der Waals surface area contributed by atoms with Crippen molar-refractivity contribution < 1.29 is 10.3 Å². The number of hydrogen-bond acceptors (Lipinski definition) is 4. The van der Waals surface area contributed by atoms with Gasteiger partial charge in [-0.05, 0) is 26.2 Å². The second-order valence-electron chi connectivity index (χ2n) is 3.68. The van der Waals surface area contributed by atoms with E-state index in [0.29, 0.717) is 0 Å². The smallest absolute Gasteiger partial charge is 0.156 e. The summed E-state index contributed by atoms with van der Waals surface area (Å²) < 4.78 is 0. The van der Waals surface area contributed by atoms with Crippen LogP contribution in [0.25, 0.3) is 0 Å². The summed E-state index contributed by atoms with van der Waals surface area (Å²) in [6, 6.07) is -0.197. The first-order valence-electron chi connectivity index (χ1n) is 4.49. The maximum Gasteiger partial charge on any atom is 0.156 e. The van der Waals surface area contributed by atoms with Gasteiger partial charge < -0.3 is 16.0 Å². The van der Waals surface area contributed by atoms with Gasteiger partial charge in [-0.3, -0.25) is 5.32 Å². The Balaban J connectivity index is 2.47. The molecule has 1 saturated carbocycles. The predicted octanol–water partition coefficient (Wildman–Crippen LogP) is -0.374. The van der Waals surface area contributed by atoms with Crippen LogP contribution in [-0.4, -0.2) is 34.3 Å². The lowest BCUT2D eigenvalue weighted by Gasteiger charge is -2.43. The topological polar surface area (TPSA) is 90.9 Å². The molecule has 5 N–H and O–H groups in total. The van der Waals surface area contributed by atoms with Crippen molar-refractivity contribution in [2.45, 2.75) is 37.8 Å². The van der Waals surface area contributed by atoms with E-state index in [-0.39, 0.29) is 24.0 Å². The second-order valence-corrected chi connectivity index (χ2v) is 3.68. The van der Waals surface area contributed by atoms with E-state index >= 15 is 0 Å². The number of nitrogens with two attached hydrogens (primary N) is 1. The molecule has 0 bridgehead atoms. The first-order valence-corrected chi connectivity index (χ1v) is 4.49. The quantitative estimate of drug-likeness (QED) is 0.209. The van der Waals surface area contributed by atoms with Crippen molar-refractivity contribution in [2.24, 2.45) is 10.9 Å². The molecule has 5 heteroatoms. The molecule has 5 nitrogen and oxygen atoms in total. The molecule has 0 aromatic heterocycles. The van der Waals surface area contributed by atoms with Gasteiger partial charge in [0.25, 0.3) is 0 Å². The molecular weight excluding hydrogens is 170 g/mol. The highest BCUT2D eigenvalue weighted by molar-refractivity contribution is 5.84. The van der Waals surface area contributed by atoms with Crippen molar-refractivity contribution in [1.29, 1.82) is 0 Å². The molecule has 1 fully saturated rings. The highest BCUT2D eigenvalue weighted by Gasteiger charge is 2.37. The minimum absolute atomic E-state index is 0.107. The number of nitrogens with zero attached hydrogens (tertiary/aromatic N) is 1. The molecular formula is C8H17N3O2. The summed E-state index contributed by atoms with van der Waals surface area (Å²) >= 11 is 0. The zero-order valence-electron chi connectivity index (χ0n) is 7.82. The maximum absolute atomic E-state index is 9.13. The summed E-state index contributed by atoms with van der Waals surface area (Å²) in [6.07, 6.45) is 3.02. The third kappa shape index (κ3) is 2.10. The lowest BCUT2D eigenvalue weighted by Crippen LogP contribution is -2.59. The van der Waals surface area contributed by atoms with E-state index in [1.54, 1.807) is 0 Å². The van der Waals surface area contributed by atoms with Gasteiger partial charge in [-0.1, -0.05) is 5.16 Å². The van der Waals surface area contributed by atoms with Crippen LogP contribution in [0.15, 0.2) is 5.16 Å². The molecule has 0 aromatic rings. The largest absolute Gasteiger partial charge is 0.409 e. The van der Waals surface area contributed by atoms with Crippen LogP contribution in [0.3, 0.4) is 0 Å². The second kappa shape index (κ2) is 3.93. The Kier molecular flexibility index (Phi) is 3.11. The minimum Gasteiger partial charge on any atom is -0.409 e. The van der Waals surface area contributed by atoms with Crippen LogP contribution < -0.4 is 11.1 Å². The number of aliphatic hydroxyl groups is 1. The predicted molar refractivity (Wildman–Crippen MR) is 49.7 cm³/mol. The highest BCUT2D eigenvalue weighted by atomic mass is 16.4. The lowest BCUT2D eigenvalue weighted by molar-refractivity contribution is 0.0852. The lowest BCUT2D eigenvalue weighted by atomic mass is 9.77. The van der Waals surface area contributed by atoms with Crippen LogP contribution in [0.5, 0.6) is 0 Å². The Morgan fingerprint density at radius 1 is 1.69 bits per heavy atom. The maximum atomic E-state index is 9.13. The van der Waals surface area contributed by atoms with Crippen LogP contribution in [0, 0.1) is 0 Å². The van der Waals surface area contributed by atoms with Gasteiger partial charge in [0.2, 0.25) is 0 Å². The van der Waals surface area contributed by atoms with Gasteiger partial charge in [0.15, 0.2) is 5.84 Å². The van der Waals surface area contributed by atoms with E-state index < -0.39 is 0 Å². The Labute approximate surface area is 77.6 Å². The third-order valence-corrected chi connectivity index (χ3v) is 2.70. The van der Waals surface area contributed by atoms with E-state index in [2.05, 4.69) is 10.5 Å². The van der Waals surface area contributed by atoms with Gasteiger partial charge in [-0.2, -0.15) is 0 Å². The van der Waals surface area contributed by atoms with Crippen LogP contribution in [-0.2, 0) is 0 Å². The van der Waals surface area contributed by atoms with Gasteiger partial charge in [0, 0.05) is 5.54 Å². The molecule has 1 atom stereocenters. The zero-order chi connectivity index (χ0) is 9.90. The van der Waals surface area contributed by atoms with E-state index in [1.807, 2.05) is 6.92 Å². The first-order chi connectivity index (χ1) is 6.13. The van der Waals surface area contributed by atoms with Crippen molar-refractivity contribution in [2.75, 3.05) is 6.61 Å². The fourth-order valence-corrected chi connectivity index (χ4v) is 1.57. The Hall–Kier alpha value is -0.810. The summed E-state index contributed by atoms with van der Waals surface area (Å²) in [5.41, 5.74) is 5.21. The molecule has 1 rings (SSSR count). The Bertz CT molecular complexity index is 196. The number of amidine groups is 1. The summed E-state index contributed by atoms with van der Waals surface area (Å²) in [5.74, 6) is 0.153. The van der Waals surface area contributed by atoms with Crippen molar-refractivity contribution >= 4 is 5.84 Å². The Morgan fingerprint density at radius 3 is 2.62 bits per heavy atom. The standard InChI is InChI=1S/C8H17N3O2/c1-6(7(9)11-13)10-8(5-12)3-2-4-8/h6,10,12-13H,2-5H2,1H3,(H2,9,11). The van der Waals surface area contributed by atoms with Crippen molar-refractivity contribution in [1.82, 2.24) is 5.32 Å². The number of aliphatic hydroxyl groups excluding tert-OH is 1. The van der Waals surface area contributed by atoms with E-state index in [1.165, 1.54) is 0 Å². The fourth-order valence-electron chi connectivity index (χ4n) is 1.57.